The molecule has 3 heterocycles. The van der Waals surface area contributed by atoms with E-state index in [1.807, 2.05) is 23.9 Å². The normalized spacial score (nSPS) is 17.2. The molecule has 1 saturated heterocycles. The molecule has 0 aromatic carbocycles. The lowest BCUT2D eigenvalue weighted by molar-refractivity contribution is 0.0950. The van der Waals surface area contributed by atoms with E-state index in [9.17, 15) is 4.79 Å². The summed E-state index contributed by atoms with van der Waals surface area (Å²) in [5, 5.41) is 11.7. The zero-order chi connectivity index (χ0) is 17.6. The van der Waals surface area contributed by atoms with Crippen LogP contribution in [0.2, 0.25) is 0 Å². The van der Waals surface area contributed by atoms with E-state index in [0.717, 1.165) is 25.1 Å². The Balaban J connectivity index is 1.59. The van der Waals surface area contributed by atoms with E-state index >= 15 is 0 Å². The van der Waals surface area contributed by atoms with E-state index in [1.54, 1.807) is 24.7 Å². The van der Waals surface area contributed by atoms with Crippen LogP contribution in [0.4, 0.5) is 0 Å². The summed E-state index contributed by atoms with van der Waals surface area (Å²) >= 11 is 0. The van der Waals surface area contributed by atoms with Crippen LogP contribution in [0.25, 0.3) is 0 Å². The summed E-state index contributed by atoms with van der Waals surface area (Å²) in [4.78, 5) is 18.4. The van der Waals surface area contributed by atoms with Crippen molar-refractivity contribution in [3.8, 4) is 11.8 Å². The summed E-state index contributed by atoms with van der Waals surface area (Å²) in [5.74, 6) is 0.559. The van der Waals surface area contributed by atoms with Crippen LogP contribution in [-0.2, 0) is 13.6 Å². The molecule has 0 bridgehead atoms. The van der Waals surface area contributed by atoms with Gasteiger partial charge < -0.3 is 14.6 Å². The number of carbonyl (C=O) groups is 1. The highest BCUT2D eigenvalue weighted by Gasteiger charge is 2.24. The van der Waals surface area contributed by atoms with Gasteiger partial charge in [-0.2, -0.15) is 5.26 Å². The Labute approximate surface area is 146 Å². The van der Waals surface area contributed by atoms with Crippen molar-refractivity contribution in [1.29, 1.82) is 5.26 Å². The lowest BCUT2D eigenvalue weighted by Gasteiger charge is -2.17. The van der Waals surface area contributed by atoms with Crippen molar-refractivity contribution in [1.82, 2.24) is 19.8 Å². The minimum absolute atomic E-state index is 0.0427. The van der Waals surface area contributed by atoms with Crippen molar-refractivity contribution in [2.45, 2.75) is 19.1 Å². The predicted octanol–water partition coefficient (Wildman–Crippen LogP) is 1.33. The molecule has 1 aliphatic rings. The van der Waals surface area contributed by atoms with Crippen LogP contribution in [0.1, 0.15) is 22.3 Å². The fourth-order valence-electron chi connectivity index (χ4n) is 2.89. The number of nitrogens with one attached hydrogen (secondary N) is 1. The molecule has 3 rings (SSSR count). The summed E-state index contributed by atoms with van der Waals surface area (Å²) in [6.45, 7) is 2.39. The molecule has 0 saturated carbocycles. The minimum Gasteiger partial charge on any atom is -0.487 e. The van der Waals surface area contributed by atoms with Crippen molar-refractivity contribution in [2.75, 3.05) is 19.6 Å². The zero-order valence-electron chi connectivity index (χ0n) is 14.2. The van der Waals surface area contributed by atoms with Gasteiger partial charge in [-0.25, -0.2) is 0 Å². The van der Waals surface area contributed by atoms with Gasteiger partial charge >= 0.3 is 0 Å². The number of nitriles is 1. The Hall–Kier alpha value is -2.85. The van der Waals surface area contributed by atoms with Gasteiger partial charge in [0, 0.05) is 50.8 Å². The van der Waals surface area contributed by atoms with E-state index in [-0.39, 0.29) is 12.0 Å². The maximum absolute atomic E-state index is 12.2. The summed E-state index contributed by atoms with van der Waals surface area (Å²) in [5.41, 5.74) is 1.51. The Kier molecular flexibility index (Phi) is 5.31. The van der Waals surface area contributed by atoms with Crippen LogP contribution in [0.5, 0.6) is 5.75 Å². The first-order valence-electron chi connectivity index (χ1n) is 8.24. The molecule has 0 unspecified atom stereocenters. The molecule has 0 aliphatic carbocycles. The second-order valence-electron chi connectivity index (χ2n) is 6.15. The van der Waals surface area contributed by atoms with Crippen molar-refractivity contribution >= 4 is 5.91 Å². The number of likely N-dealkylation sites (tertiary alicyclic amines) is 1. The number of aromatic nitrogens is 2. The average molecular weight is 339 g/mol. The van der Waals surface area contributed by atoms with Gasteiger partial charge in [0.15, 0.2) is 0 Å². The van der Waals surface area contributed by atoms with Gasteiger partial charge in [-0.3, -0.25) is 14.7 Å². The molecule has 0 radical (unpaired) electrons. The zero-order valence-corrected chi connectivity index (χ0v) is 14.2. The average Bonchev–Trinajstić information content (AvgIpc) is 3.23. The number of hydrogen-bond acceptors (Lipinski definition) is 5. The lowest BCUT2D eigenvalue weighted by atomic mass is 10.2. The van der Waals surface area contributed by atoms with Crippen LogP contribution >= 0.6 is 0 Å². The Bertz CT molecular complexity index is 780. The third kappa shape index (κ3) is 4.37. The summed E-state index contributed by atoms with van der Waals surface area (Å²) in [7, 11) is 1.88. The number of amides is 1. The molecule has 1 aliphatic heterocycles. The van der Waals surface area contributed by atoms with Gasteiger partial charge in [-0.1, -0.05) is 0 Å². The fourth-order valence-corrected chi connectivity index (χ4v) is 2.89. The molecule has 7 nitrogen and oxygen atoms in total. The number of nitrogens with zero attached hydrogens (tertiary/aromatic N) is 4. The molecule has 2 aromatic rings. The molecular weight excluding hydrogens is 318 g/mol. The summed E-state index contributed by atoms with van der Waals surface area (Å²) < 4.78 is 7.89. The Morgan fingerprint density at radius 2 is 2.40 bits per heavy atom. The molecular formula is C18H21N5O2. The molecule has 7 heteroatoms. The third-order valence-electron chi connectivity index (χ3n) is 4.22. The molecule has 2 aromatic heterocycles. The first-order valence-corrected chi connectivity index (χ1v) is 8.24. The number of hydrogen-bond donors (Lipinski definition) is 1. The van der Waals surface area contributed by atoms with Gasteiger partial charge in [0.1, 0.15) is 11.9 Å². The molecule has 1 N–H and O–H groups in total. The van der Waals surface area contributed by atoms with E-state index in [1.165, 1.54) is 0 Å². The molecule has 25 heavy (non-hydrogen) atoms. The molecule has 130 valence electrons. The quantitative estimate of drug-likeness (QED) is 0.803. The van der Waals surface area contributed by atoms with Crippen molar-refractivity contribution in [2.24, 2.45) is 7.05 Å². The largest absolute Gasteiger partial charge is 0.487 e. The fraction of sp³-hybridized carbons (Fsp3) is 0.389. The second kappa shape index (κ2) is 7.81. The lowest BCUT2D eigenvalue weighted by Crippen LogP contribution is -2.26. The van der Waals surface area contributed by atoms with E-state index in [2.05, 4.69) is 21.3 Å². The second-order valence-corrected chi connectivity index (χ2v) is 6.15. The maximum Gasteiger partial charge on any atom is 0.253 e. The highest BCUT2D eigenvalue weighted by molar-refractivity contribution is 5.93. The predicted molar refractivity (Wildman–Crippen MR) is 91.9 cm³/mol. The van der Waals surface area contributed by atoms with Crippen molar-refractivity contribution in [3.63, 3.8) is 0 Å². The van der Waals surface area contributed by atoms with Gasteiger partial charge in [-0.05, 0) is 18.6 Å². The molecule has 1 fully saturated rings. The molecule has 1 amide bonds. The van der Waals surface area contributed by atoms with Crippen molar-refractivity contribution in [3.05, 3.63) is 48.0 Å². The standard InChI is InChI=1S/C18H21N5O2/c1-22-7-3-15(12-22)18(24)21-10-14-2-6-20-11-17(14)25-16-4-8-23(13-16)9-5-19/h2-3,6-7,11-12,16H,4,8-10,13H2,1H3,(H,21,24)/t16-/m0/s1. The first kappa shape index (κ1) is 17.0. The first-order chi connectivity index (χ1) is 12.2. The topological polar surface area (TPSA) is 83.2 Å². The van der Waals surface area contributed by atoms with Gasteiger partial charge in [0.25, 0.3) is 5.91 Å². The van der Waals surface area contributed by atoms with Gasteiger partial charge in [0.05, 0.1) is 24.4 Å². The van der Waals surface area contributed by atoms with E-state index < -0.39 is 0 Å². The van der Waals surface area contributed by atoms with E-state index in [0.29, 0.717) is 24.4 Å². The Morgan fingerprint density at radius 1 is 1.52 bits per heavy atom. The summed E-state index contributed by atoms with van der Waals surface area (Å²) in [6, 6.07) is 5.79. The van der Waals surface area contributed by atoms with E-state index in [4.69, 9.17) is 10.00 Å². The van der Waals surface area contributed by atoms with Crippen LogP contribution in [0.3, 0.4) is 0 Å². The highest BCUT2D eigenvalue weighted by Crippen LogP contribution is 2.21. The molecule has 0 spiro atoms. The maximum atomic E-state index is 12.2. The van der Waals surface area contributed by atoms with Crippen LogP contribution in [-0.4, -0.2) is 46.1 Å². The number of pyridine rings is 1. The molecule has 1 atom stereocenters. The number of rotatable bonds is 6. The smallest absolute Gasteiger partial charge is 0.253 e. The number of carbonyl (C=O) groups excluding carboxylic acids is 1. The van der Waals surface area contributed by atoms with Crippen LogP contribution in [0.15, 0.2) is 36.9 Å². The van der Waals surface area contributed by atoms with Gasteiger partial charge in [0.2, 0.25) is 0 Å². The van der Waals surface area contributed by atoms with Crippen LogP contribution in [0, 0.1) is 11.3 Å². The minimum atomic E-state index is -0.121. The number of aryl methyl sites for hydroxylation is 1. The van der Waals surface area contributed by atoms with Crippen LogP contribution < -0.4 is 10.1 Å². The van der Waals surface area contributed by atoms with Crippen molar-refractivity contribution < 1.29 is 9.53 Å². The SMILES string of the molecule is Cn1ccc(C(=O)NCc2ccncc2O[C@H]2CCN(CC#N)C2)c1. The third-order valence-corrected chi connectivity index (χ3v) is 4.22. The highest BCUT2D eigenvalue weighted by atomic mass is 16.5. The monoisotopic (exact) mass is 339 g/mol. The number of ether oxygens (including phenoxy) is 1. The Morgan fingerprint density at radius 3 is 3.16 bits per heavy atom. The van der Waals surface area contributed by atoms with Gasteiger partial charge in [-0.15, -0.1) is 0 Å². The summed E-state index contributed by atoms with van der Waals surface area (Å²) in [6.07, 6.45) is 7.91.